The normalized spacial score (nSPS) is 23.0. The van der Waals surface area contributed by atoms with Gasteiger partial charge in [-0.1, -0.05) is 307 Å². The summed E-state index contributed by atoms with van der Waals surface area (Å²) in [6.45, 7) is 2.68. The van der Waals surface area contributed by atoms with Gasteiger partial charge in [0.15, 0.2) is 12.6 Å². The van der Waals surface area contributed by atoms with Gasteiger partial charge in [0.1, 0.15) is 48.8 Å². The van der Waals surface area contributed by atoms with E-state index in [1.165, 1.54) is 141 Å². The number of carbonyl (C=O) groups excluding carboxylic acids is 1. The number of aliphatic hydroxyl groups is 8. The van der Waals surface area contributed by atoms with Gasteiger partial charge in [-0.15, -0.1) is 0 Å². The van der Waals surface area contributed by atoms with Gasteiger partial charge in [-0.2, -0.15) is 0 Å². The molecule has 0 spiro atoms. The first-order valence-electron chi connectivity index (χ1n) is 38.6. The van der Waals surface area contributed by atoms with Crippen molar-refractivity contribution in [2.24, 2.45) is 0 Å². The van der Waals surface area contributed by atoms with Gasteiger partial charge in [-0.3, -0.25) is 4.79 Å². The molecule has 554 valence electrons. The van der Waals surface area contributed by atoms with Crippen molar-refractivity contribution in [2.75, 3.05) is 19.8 Å². The average Bonchev–Trinajstić information content (AvgIpc) is 0.794. The highest BCUT2D eigenvalue weighted by molar-refractivity contribution is 5.76. The van der Waals surface area contributed by atoms with Crippen molar-refractivity contribution in [3.8, 4) is 0 Å². The minimum atomic E-state index is -1.80. The summed E-state index contributed by atoms with van der Waals surface area (Å²) in [5.74, 6) is -0.257. The SMILES string of the molecule is CC/C=C\C/C=C\C/C=C\C/C=C\C/C=C\C/C=C\C/C=C\C/C=C\C/C=C\C/C=C\CCCCCCCCCCCCC(=O)NC(COC1OC(CO)C(OC2OC(CO)C(O)C(O)C2O)C(O)C1O)C(O)/C=C/CC/C=C/CCCCCCCCCCCCCCCCCC. The summed E-state index contributed by atoms with van der Waals surface area (Å²) in [4.78, 5) is 13.4. The van der Waals surface area contributed by atoms with E-state index < -0.39 is 86.8 Å². The van der Waals surface area contributed by atoms with Crippen molar-refractivity contribution in [3.05, 3.63) is 146 Å². The molecule has 14 heteroatoms. The van der Waals surface area contributed by atoms with Crippen LogP contribution < -0.4 is 5.32 Å². The summed E-state index contributed by atoms with van der Waals surface area (Å²) in [5.41, 5.74) is 0. The summed E-state index contributed by atoms with van der Waals surface area (Å²) in [6.07, 6.45) is 81.9. The lowest BCUT2D eigenvalue weighted by Gasteiger charge is -2.46. The number of aliphatic hydroxyl groups excluding tert-OH is 8. The molecule has 1 amide bonds. The van der Waals surface area contributed by atoms with Crippen LogP contribution in [0.1, 0.15) is 277 Å². The Hall–Kier alpha value is -4.13. The number of allylic oxidation sites excluding steroid dienone is 23. The molecule has 0 aliphatic carbocycles. The van der Waals surface area contributed by atoms with E-state index in [0.717, 1.165) is 103 Å². The minimum Gasteiger partial charge on any atom is -0.394 e. The summed E-state index contributed by atoms with van der Waals surface area (Å²) in [5, 5.41) is 87.5. The van der Waals surface area contributed by atoms with Crippen molar-refractivity contribution in [1.82, 2.24) is 5.32 Å². The second kappa shape index (κ2) is 65.2. The van der Waals surface area contributed by atoms with Crippen LogP contribution in [-0.4, -0.2) is 140 Å². The third-order valence-electron chi connectivity index (χ3n) is 17.8. The molecule has 12 atom stereocenters. The summed E-state index contributed by atoms with van der Waals surface area (Å²) in [6, 6.07) is -0.945. The zero-order chi connectivity index (χ0) is 70.1. The van der Waals surface area contributed by atoms with Gasteiger partial charge in [-0.25, -0.2) is 0 Å². The first-order valence-corrected chi connectivity index (χ1v) is 38.6. The first kappa shape index (κ1) is 89.0. The molecule has 12 unspecified atom stereocenters. The fourth-order valence-electron chi connectivity index (χ4n) is 11.7. The van der Waals surface area contributed by atoms with Gasteiger partial charge in [0, 0.05) is 6.42 Å². The van der Waals surface area contributed by atoms with E-state index in [0.29, 0.717) is 12.8 Å². The molecule has 0 aromatic heterocycles. The van der Waals surface area contributed by atoms with E-state index in [4.69, 9.17) is 18.9 Å². The standard InChI is InChI=1S/C83H139NO13/c1-3-5-7-9-11-13-15-17-19-21-23-25-27-28-29-30-31-32-33-34-35-36-37-38-39-40-41-42-43-44-45-47-49-51-53-55-57-59-61-63-65-67-75(88)84-71(70-94-82-80(93)78(91)81(74(69-86)96-82)97-83-79(92)77(90)76(89)73(68-85)95-83)72(87)66-64-62-60-58-56-54-52-50-48-46-26-24-22-20-18-16-14-12-10-8-6-4-2/h5,7,11,13,17,19,23,25,28-29,31-32,34-35,37-38,40-41,43-44,56,58,64,66,71-74,76-83,85-87,89-93H,3-4,6,8-10,12,14-16,18,20-22,24,26-27,30,33,36,39,42,45-55,57,59-63,65,67-70H2,1-2H3,(H,84,88)/b7-5-,13-11-,19-17-,25-23-,29-28-,32-31-,35-34-,38-37-,41-40-,44-43-,58-56+,66-64+. The molecule has 2 heterocycles. The molecule has 2 saturated heterocycles. The van der Waals surface area contributed by atoms with Crippen LogP contribution in [0.25, 0.3) is 0 Å². The Morgan fingerprint density at radius 1 is 0.381 bits per heavy atom. The van der Waals surface area contributed by atoms with E-state index in [1.807, 2.05) is 6.08 Å². The second-order valence-electron chi connectivity index (χ2n) is 26.4. The van der Waals surface area contributed by atoms with Crippen molar-refractivity contribution in [3.63, 3.8) is 0 Å². The zero-order valence-electron chi connectivity index (χ0n) is 60.5. The van der Waals surface area contributed by atoms with Crippen molar-refractivity contribution >= 4 is 5.91 Å². The van der Waals surface area contributed by atoms with Crippen LogP contribution >= 0.6 is 0 Å². The highest BCUT2D eigenvalue weighted by Crippen LogP contribution is 2.30. The second-order valence-corrected chi connectivity index (χ2v) is 26.4. The monoisotopic (exact) mass is 1360 g/mol. The first-order chi connectivity index (χ1) is 47.6. The van der Waals surface area contributed by atoms with Gasteiger partial charge in [0.25, 0.3) is 0 Å². The van der Waals surface area contributed by atoms with Crippen molar-refractivity contribution in [2.45, 2.75) is 351 Å². The fourth-order valence-corrected chi connectivity index (χ4v) is 11.7. The lowest BCUT2D eigenvalue weighted by molar-refractivity contribution is -0.359. The third-order valence-corrected chi connectivity index (χ3v) is 17.8. The van der Waals surface area contributed by atoms with Crippen LogP contribution in [0.5, 0.6) is 0 Å². The Labute approximate surface area is 589 Å². The molecule has 2 fully saturated rings. The number of amides is 1. The maximum atomic E-state index is 13.4. The van der Waals surface area contributed by atoms with E-state index in [9.17, 15) is 45.6 Å². The number of unbranched alkanes of at least 4 members (excludes halogenated alkanes) is 27. The lowest BCUT2D eigenvalue weighted by atomic mass is 9.97. The van der Waals surface area contributed by atoms with Crippen LogP contribution in [0.4, 0.5) is 0 Å². The molecule has 2 aliphatic rings. The van der Waals surface area contributed by atoms with Crippen molar-refractivity contribution < 1.29 is 64.6 Å². The van der Waals surface area contributed by atoms with Crippen LogP contribution in [0.15, 0.2) is 146 Å². The topological polar surface area (TPSA) is 228 Å². The molecule has 14 nitrogen and oxygen atoms in total. The number of ether oxygens (including phenoxy) is 4. The molecule has 97 heavy (non-hydrogen) atoms. The number of hydrogen-bond acceptors (Lipinski definition) is 13. The fraction of sp³-hybridized carbons (Fsp3) is 0.699. The third kappa shape index (κ3) is 48.4. The van der Waals surface area contributed by atoms with Gasteiger partial charge in [-0.05, 0) is 109 Å². The van der Waals surface area contributed by atoms with Gasteiger partial charge < -0.3 is 65.1 Å². The maximum absolute atomic E-state index is 13.4. The molecule has 0 bridgehead atoms. The number of hydrogen-bond donors (Lipinski definition) is 9. The molecular formula is C83H139NO13. The van der Waals surface area contributed by atoms with Gasteiger partial charge >= 0.3 is 0 Å². The molecular weight excluding hydrogens is 1220 g/mol. The molecule has 0 saturated carbocycles. The van der Waals surface area contributed by atoms with E-state index in [-0.39, 0.29) is 18.9 Å². The van der Waals surface area contributed by atoms with E-state index in [1.54, 1.807) is 6.08 Å². The number of nitrogens with one attached hydrogen (secondary N) is 1. The number of carbonyl (C=O) groups is 1. The van der Waals surface area contributed by atoms with E-state index >= 15 is 0 Å². The Morgan fingerprint density at radius 3 is 1.13 bits per heavy atom. The molecule has 0 aromatic carbocycles. The predicted octanol–water partition coefficient (Wildman–Crippen LogP) is 17.2. The van der Waals surface area contributed by atoms with Crippen LogP contribution in [-0.2, 0) is 23.7 Å². The van der Waals surface area contributed by atoms with Crippen molar-refractivity contribution in [1.29, 1.82) is 0 Å². The highest BCUT2D eigenvalue weighted by Gasteiger charge is 2.51. The van der Waals surface area contributed by atoms with Crippen LogP contribution in [0, 0.1) is 0 Å². The molecule has 2 aliphatic heterocycles. The molecule has 2 rings (SSSR count). The van der Waals surface area contributed by atoms with Gasteiger partial charge in [0.2, 0.25) is 5.91 Å². The average molecular weight is 1360 g/mol. The Balaban J connectivity index is 1.64. The quantitative estimate of drug-likeness (QED) is 0.0204. The van der Waals surface area contributed by atoms with E-state index in [2.05, 4.69) is 153 Å². The number of rotatable bonds is 62. The Bertz CT molecular complexity index is 2190. The maximum Gasteiger partial charge on any atom is 0.220 e. The summed E-state index contributed by atoms with van der Waals surface area (Å²) >= 11 is 0. The summed E-state index contributed by atoms with van der Waals surface area (Å²) < 4.78 is 22.9. The summed E-state index contributed by atoms with van der Waals surface area (Å²) in [7, 11) is 0. The largest absolute Gasteiger partial charge is 0.394 e. The smallest absolute Gasteiger partial charge is 0.220 e. The molecule has 0 aromatic rings. The lowest BCUT2D eigenvalue weighted by Crippen LogP contribution is -2.65. The van der Waals surface area contributed by atoms with Crippen LogP contribution in [0.3, 0.4) is 0 Å². The predicted molar refractivity (Wildman–Crippen MR) is 401 cm³/mol. The minimum absolute atomic E-state index is 0.257. The zero-order valence-corrected chi connectivity index (χ0v) is 60.5. The van der Waals surface area contributed by atoms with Gasteiger partial charge in [0.05, 0.1) is 32.0 Å². The molecule has 9 N–H and O–H groups in total. The Morgan fingerprint density at radius 2 is 0.722 bits per heavy atom. The van der Waals surface area contributed by atoms with Crippen LogP contribution in [0.2, 0.25) is 0 Å². The highest BCUT2D eigenvalue weighted by atomic mass is 16.7. The molecule has 0 radical (unpaired) electrons. The Kier molecular flexibility index (Phi) is 59.8.